The topological polar surface area (TPSA) is 61.3 Å². The molecule has 0 aliphatic heterocycles. The number of nitrogens with two attached hydrogens (primary N) is 2. The van der Waals surface area contributed by atoms with E-state index in [0.29, 0.717) is 24.3 Å². The molecule has 178 valence electrons. The van der Waals surface area contributed by atoms with Gasteiger partial charge in [0.15, 0.2) is 0 Å². The lowest BCUT2D eigenvalue weighted by atomic mass is 9.88. The zero-order chi connectivity index (χ0) is 22.7. The van der Waals surface area contributed by atoms with Gasteiger partial charge in [0.25, 0.3) is 0 Å². The molecule has 0 aromatic carbocycles. The van der Waals surface area contributed by atoms with Crippen LogP contribution < -0.4 is 11.5 Å². The summed E-state index contributed by atoms with van der Waals surface area (Å²) in [6.45, 7) is 16.6. The van der Waals surface area contributed by atoms with Gasteiger partial charge in [0, 0.05) is 12.1 Å². The molecule has 0 aromatic heterocycles. The average molecular weight is 415 g/mol. The molecule has 3 fully saturated rings. The molecule has 3 aliphatic carbocycles. The Kier molecular flexibility index (Phi) is 22.6. The molecular weight excluding hydrogens is 356 g/mol. The molecule has 2 atom stereocenters. The van der Waals surface area contributed by atoms with E-state index in [1.807, 2.05) is 41.5 Å². The van der Waals surface area contributed by atoms with Gasteiger partial charge in [0.2, 0.25) is 0 Å². The Morgan fingerprint density at radius 3 is 1.34 bits per heavy atom. The molecule has 0 radical (unpaired) electrons. The van der Waals surface area contributed by atoms with Gasteiger partial charge in [-0.15, -0.1) is 0 Å². The minimum absolute atomic E-state index is 0.441. The summed E-state index contributed by atoms with van der Waals surface area (Å²) in [5.74, 6) is 1.81. The lowest BCUT2D eigenvalue weighted by Crippen LogP contribution is -2.33. The van der Waals surface area contributed by atoms with Gasteiger partial charge in [-0.05, 0) is 76.0 Å². The number of ether oxygens (including phenoxy) is 1. The Morgan fingerprint density at radius 2 is 0.966 bits per heavy atom. The first kappa shape index (κ1) is 31.1. The average Bonchev–Trinajstić information content (AvgIpc) is 2.76. The highest BCUT2D eigenvalue weighted by molar-refractivity contribution is 4.77. The Hall–Kier alpha value is -0.120. The van der Waals surface area contributed by atoms with Crippen LogP contribution in [0.1, 0.15) is 132 Å². The first-order valence-electron chi connectivity index (χ1n) is 13.2. The molecule has 4 N–H and O–H groups in total. The van der Waals surface area contributed by atoms with Gasteiger partial charge < -0.3 is 16.2 Å². The summed E-state index contributed by atoms with van der Waals surface area (Å²) in [6, 6.07) is 0.954. The summed E-state index contributed by atoms with van der Waals surface area (Å²) in [5, 5.41) is 0. The van der Waals surface area contributed by atoms with Gasteiger partial charge in [-0.2, -0.15) is 0 Å². The minimum Gasteiger partial charge on any atom is -0.375 e. The van der Waals surface area contributed by atoms with Crippen molar-refractivity contribution in [3.05, 3.63) is 0 Å². The van der Waals surface area contributed by atoms with Crippen LogP contribution in [0.25, 0.3) is 0 Å². The first-order chi connectivity index (χ1) is 14.0. The number of hydrogen-bond donors (Lipinski definition) is 2. The second kappa shape index (κ2) is 21.1. The van der Waals surface area contributed by atoms with E-state index in [4.69, 9.17) is 16.2 Å². The van der Waals surface area contributed by atoms with Crippen molar-refractivity contribution >= 4 is 0 Å². The fourth-order valence-corrected chi connectivity index (χ4v) is 4.34. The zero-order valence-electron chi connectivity index (χ0n) is 21.5. The van der Waals surface area contributed by atoms with Crippen molar-refractivity contribution in [1.82, 2.24) is 0 Å². The minimum atomic E-state index is 0.441. The molecule has 0 bridgehead atoms. The quantitative estimate of drug-likeness (QED) is 0.493. The molecule has 3 saturated carbocycles. The lowest BCUT2D eigenvalue weighted by Gasteiger charge is -2.33. The van der Waals surface area contributed by atoms with Gasteiger partial charge in [0.1, 0.15) is 0 Å². The second-order valence-corrected chi connectivity index (χ2v) is 8.59. The van der Waals surface area contributed by atoms with Crippen molar-refractivity contribution < 1.29 is 4.74 Å². The van der Waals surface area contributed by atoms with E-state index in [9.17, 15) is 0 Å². The van der Waals surface area contributed by atoms with E-state index in [1.165, 1.54) is 64.2 Å². The third kappa shape index (κ3) is 16.3. The highest BCUT2D eigenvalue weighted by Gasteiger charge is 2.25. The Balaban J connectivity index is 0. The summed E-state index contributed by atoms with van der Waals surface area (Å²) < 4.78 is 6.17. The van der Waals surface area contributed by atoms with Crippen molar-refractivity contribution in [1.29, 1.82) is 0 Å². The lowest BCUT2D eigenvalue weighted by molar-refractivity contribution is -0.0516. The van der Waals surface area contributed by atoms with E-state index < -0.39 is 0 Å². The van der Waals surface area contributed by atoms with E-state index in [0.717, 1.165) is 24.7 Å². The Morgan fingerprint density at radius 1 is 0.517 bits per heavy atom. The van der Waals surface area contributed by atoms with Crippen LogP contribution in [-0.4, -0.2) is 24.3 Å². The highest BCUT2D eigenvalue weighted by Crippen LogP contribution is 2.29. The van der Waals surface area contributed by atoms with Crippen molar-refractivity contribution in [2.75, 3.05) is 0 Å². The molecule has 0 heterocycles. The number of hydrogen-bond acceptors (Lipinski definition) is 3. The summed E-state index contributed by atoms with van der Waals surface area (Å²) in [7, 11) is 0. The predicted octanol–water partition coefficient (Wildman–Crippen LogP) is 7.45. The maximum atomic E-state index is 6.17. The van der Waals surface area contributed by atoms with Crippen LogP contribution in [-0.2, 0) is 4.74 Å². The first-order valence-corrected chi connectivity index (χ1v) is 13.2. The Labute approximate surface area is 185 Å². The van der Waals surface area contributed by atoms with Gasteiger partial charge in [-0.1, -0.05) is 68.2 Å². The molecule has 3 rings (SSSR count). The SMILES string of the molecule is CC.CC.CC.CC1CCC(OC2CCC(N)CC2)CC1.CC1CCCC(N)C1. The van der Waals surface area contributed by atoms with E-state index in [2.05, 4.69) is 13.8 Å². The van der Waals surface area contributed by atoms with Crippen molar-refractivity contribution in [3.8, 4) is 0 Å². The molecule has 3 nitrogen and oxygen atoms in total. The maximum Gasteiger partial charge on any atom is 0.0580 e. The third-order valence-corrected chi connectivity index (χ3v) is 6.04. The molecular formula is C26H58N2O. The van der Waals surface area contributed by atoms with Gasteiger partial charge in [-0.25, -0.2) is 0 Å². The zero-order valence-corrected chi connectivity index (χ0v) is 21.5. The van der Waals surface area contributed by atoms with Crippen LogP contribution in [0.3, 0.4) is 0 Å². The summed E-state index contributed by atoms with van der Waals surface area (Å²) in [4.78, 5) is 0. The summed E-state index contributed by atoms with van der Waals surface area (Å²) in [6.07, 6.45) is 16.3. The van der Waals surface area contributed by atoms with Gasteiger partial charge in [0.05, 0.1) is 12.2 Å². The van der Waals surface area contributed by atoms with Crippen molar-refractivity contribution in [3.63, 3.8) is 0 Å². The molecule has 29 heavy (non-hydrogen) atoms. The summed E-state index contributed by atoms with van der Waals surface area (Å²) >= 11 is 0. The van der Waals surface area contributed by atoms with Crippen LogP contribution in [0.2, 0.25) is 0 Å². The molecule has 0 amide bonds. The normalized spacial score (nSPS) is 33.7. The predicted molar refractivity (Wildman–Crippen MR) is 132 cm³/mol. The fourth-order valence-electron chi connectivity index (χ4n) is 4.34. The van der Waals surface area contributed by atoms with Crippen LogP contribution >= 0.6 is 0 Å². The van der Waals surface area contributed by atoms with Crippen molar-refractivity contribution in [2.45, 2.75) is 157 Å². The van der Waals surface area contributed by atoms with E-state index >= 15 is 0 Å². The fraction of sp³-hybridized carbons (Fsp3) is 1.00. The van der Waals surface area contributed by atoms with Crippen molar-refractivity contribution in [2.24, 2.45) is 23.3 Å². The second-order valence-electron chi connectivity index (χ2n) is 8.59. The molecule has 0 saturated heterocycles. The smallest absolute Gasteiger partial charge is 0.0580 e. The molecule has 0 spiro atoms. The van der Waals surface area contributed by atoms with Gasteiger partial charge in [-0.3, -0.25) is 0 Å². The van der Waals surface area contributed by atoms with Crippen LogP contribution in [0.4, 0.5) is 0 Å². The molecule has 3 heteroatoms. The van der Waals surface area contributed by atoms with Crippen LogP contribution in [0.5, 0.6) is 0 Å². The number of rotatable bonds is 2. The molecule has 2 unspecified atom stereocenters. The monoisotopic (exact) mass is 414 g/mol. The van der Waals surface area contributed by atoms with Crippen LogP contribution in [0, 0.1) is 11.8 Å². The third-order valence-electron chi connectivity index (χ3n) is 6.04. The van der Waals surface area contributed by atoms with E-state index in [1.54, 1.807) is 0 Å². The molecule has 0 aromatic rings. The standard InChI is InChI=1S/C13H25NO.C7H15N.3C2H6/c1-10-2-6-12(7-3-10)15-13-8-4-11(14)5-9-13;1-6-3-2-4-7(8)5-6;3*1-2/h10-13H,2-9,14H2,1H3;6-7H,2-5,8H2,1H3;3*1-2H3. The summed E-state index contributed by atoms with van der Waals surface area (Å²) in [5.41, 5.74) is 11.6. The maximum absolute atomic E-state index is 6.17. The van der Waals surface area contributed by atoms with Crippen LogP contribution in [0.15, 0.2) is 0 Å². The Bertz CT molecular complexity index is 280. The molecule has 3 aliphatic rings. The largest absolute Gasteiger partial charge is 0.375 e. The van der Waals surface area contributed by atoms with E-state index in [-0.39, 0.29) is 0 Å². The highest BCUT2D eigenvalue weighted by atomic mass is 16.5. The van der Waals surface area contributed by atoms with Gasteiger partial charge >= 0.3 is 0 Å².